The van der Waals surface area contributed by atoms with Crippen LogP contribution in [0.5, 0.6) is 0 Å². The van der Waals surface area contributed by atoms with Crippen LogP contribution in [0.4, 0.5) is 5.82 Å². The summed E-state index contributed by atoms with van der Waals surface area (Å²) in [5.41, 5.74) is 10.2. The number of nitrogens with one attached hydrogen (secondary N) is 1. The molecule has 3 N–H and O–H groups in total. The van der Waals surface area contributed by atoms with Crippen molar-refractivity contribution in [1.29, 1.82) is 5.26 Å². The van der Waals surface area contributed by atoms with Gasteiger partial charge in [0, 0.05) is 31.7 Å². The largest absolute Gasteiger partial charge is 0.365 e. The first-order valence-electron chi connectivity index (χ1n) is 13.4. The van der Waals surface area contributed by atoms with Gasteiger partial charge in [0.05, 0.1) is 18.0 Å². The second kappa shape index (κ2) is 10.8. The van der Waals surface area contributed by atoms with Gasteiger partial charge in [-0.05, 0) is 54.4 Å². The Kier molecular flexibility index (Phi) is 7.30. The Morgan fingerprint density at radius 1 is 1.05 bits per heavy atom. The van der Waals surface area contributed by atoms with Gasteiger partial charge in [0.1, 0.15) is 5.56 Å². The molecule has 1 aromatic heterocycles. The van der Waals surface area contributed by atoms with Crippen molar-refractivity contribution in [3.05, 3.63) is 71.4 Å². The van der Waals surface area contributed by atoms with Crippen LogP contribution in [0, 0.1) is 17.2 Å². The van der Waals surface area contributed by atoms with E-state index in [1.165, 1.54) is 22.3 Å². The maximum absolute atomic E-state index is 12.3. The van der Waals surface area contributed by atoms with Gasteiger partial charge in [0.25, 0.3) is 5.91 Å². The number of nitriles is 1. The molecule has 2 fully saturated rings. The van der Waals surface area contributed by atoms with E-state index in [9.17, 15) is 14.9 Å². The van der Waals surface area contributed by atoms with E-state index >= 15 is 0 Å². The highest BCUT2D eigenvalue weighted by molar-refractivity contribution is 6.02. The van der Waals surface area contributed by atoms with Gasteiger partial charge >= 0.3 is 0 Å². The third kappa shape index (κ3) is 5.48. The van der Waals surface area contributed by atoms with E-state index in [1.807, 2.05) is 0 Å². The van der Waals surface area contributed by atoms with Crippen molar-refractivity contribution in [2.75, 3.05) is 18.4 Å². The van der Waals surface area contributed by atoms with Crippen LogP contribution in [-0.4, -0.2) is 39.6 Å². The van der Waals surface area contributed by atoms with E-state index < -0.39 is 11.4 Å². The zero-order chi connectivity index (χ0) is 26.7. The number of nitrogens with two attached hydrogens (primary N) is 1. The molecule has 1 aliphatic heterocycles. The number of anilines is 1. The standard InChI is InChI=1S/C30H34N6O2/c1-2-21-3-7-23(8-4-21)24-9-5-22(6-10-24)19-35-17-14-30(13-16-31,15-18-35)36-20-26(27(32)37)28(34-36)33-29(38)25-11-12-25/h3-10,20,25H,2,11-15,17-19H2,1H3,(H2,32,37)(H,33,34,38). The summed E-state index contributed by atoms with van der Waals surface area (Å²) in [6, 6.07) is 19.7. The quantitative estimate of drug-likeness (QED) is 0.441. The molecule has 0 spiro atoms. The fourth-order valence-electron chi connectivity index (χ4n) is 5.21. The minimum atomic E-state index is -0.642. The van der Waals surface area contributed by atoms with Crippen LogP contribution >= 0.6 is 0 Å². The molecule has 3 aromatic rings. The van der Waals surface area contributed by atoms with Gasteiger partial charge < -0.3 is 11.1 Å². The number of aryl methyl sites for hydroxylation is 1. The van der Waals surface area contributed by atoms with Gasteiger partial charge in [-0.3, -0.25) is 19.2 Å². The SMILES string of the molecule is CCc1ccc(-c2ccc(CN3CCC(CC#N)(n4cc(C(N)=O)c(NC(=O)C5CC5)n4)CC3)cc2)cc1. The van der Waals surface area contributed by atoms with E-state index in [4.69, 9.17) is 5.73 Å². The number of carbonyl (C=O) groups excluding carboxylic acids is 2. The van der Waals surface area contributed by atoms with Crippen LogP contribution < -0.4 is 11.1 Å². The first-order valence-corrected chi connectivity index (χ1v) is 13.4. The number of rotatable bonds is 9. The number of primary amides is 1. The maximum atomic E-state index is 12.3. The number of nitrogens with zero attached hydrogens (tertiary/aromatic N) is 4. The molecule has 0 radical (unpaired) electrons. The number of hydrogen-bond acceptors (Lipinski definition) is 5. The normalized spacial score (nSPS) is 17.1. The monoisotopic (exact) mass is 510 g/mol. The average molecular weight is 511 g/mol. The molecule has 8 heteroatoms. The van der Waals surface area contributed by atoms with Crippen LogP contribution in [0.15, 0.2) is 54.7 Å². The lowest BCUT2D eigenvalue weighted by Gasteiger charge is -2.40. The first kappa shape index (κ1) is 25.7. The van der Waals surface area contributed by atoms with Crippen LogP contribution in [0.25, 0.3) is 11.1 Å². The Morgan fingerprint density at radius 3 is 2.18 bits per heavy atom. The molecule has 5 rings (SSSR count). The number of amides is 2. The fourth-order valence-corrected chi connectivity index (χ4v) is 5.21. The molecule has 2 aliphatic rings. The molecule has 2 aromatic carbocycles. The molecule has 2 heterocycles. The fraction of sp³-hybridized carbons (Fsp3) is 0.400. The molecule has 8 nitrogen and oxygen atoms in total. The van der Waals surface area contributed by atoms with Crippen molar-refractivity contribution in [3.8, 4) is 17.2 Å². The van der Waals surface area contributed by atoms with E-state index in [-0.39, 0.29) is 29.6 Å². The smallest absolute Gasteiger partial charge is 0.254 e. The first-order chi connectivity index (χ1) is 18.4. The summed E-state index contributed by atoms with van der Waals surface area (Å²) in [6.45, 7) is 4.57. The maximum Gasteiger partial charge on any atom is 0.254 e. The van der Waals surface area contributed by atoms with Crippen LogP contribution in [0.1, 0.15) is 60.5 Å². The highest BCUT2D eigenvalue weighted by atomic mass is 16.2. The molecular weight excluding hydrogens is 476 g/mol. The number of benzene rings is 2. The van der Waals surface area contributed by atoms with Gasteiger partial charge in [0.15, 0.2) is 5.82 Å². The molecule has 2 amide bonds. The Labute approximate surface area is 223 Å². The van der Waals surface area contributed by atoms with E-state index in [0.29, 0.717) is 12.8 Å². The van der Waals surface area contributed by atoms with Gasteiger partial charge in [-0.1, -0.05) is 55.5 Å². The Balaban J connectivity index is 1.26. The van der Waals surface area contributed by atoms with E-state index in [2.05, 4.69) is 76.8 Å². The zero-order valence-corrected chi connectivity index (χ0v) is 21.8. The molecule has 38 heavy (non-hydrogen) atoms. The van der Waals surface area contributed by atoms with Crippen molar-refractivity contribution in [3.63, 3.8) is 0 Å². The molecule has 1 saturated carbocycles. The average Bonchev–Trinajstić information content (AvgIpc) is 3.70. The van der Waals surface area contributed by atoms with Gasteiger partial charge in [-0.25, -0.2) is 0 Å². The lowest BCUT2D eigenvalue weighted by Crippen LogP contribution is -2.46. The van der Waals surface area contributed by atoms with Crippen molar-refractivity contribution in [1.82, 2.24) is 14.7 Å². The van der Waals surface area contributed by atoms with Crippen LogP contribution in [0.3, 0.4) is 0 Å². The highest BCUT2D eigenvalue weighted by Crippen LogP contribution is 2.36. The molecule has 0 unspecified atom stereocenters. The topological polar surface area (TPSA) is 117 Å². The summed E-state index contributed by atoms with van der Waals surface area (Å²) in [4.78, 5) is 26.8. The Morgan fingerprint density at radius 2 is 1.66 bits per heavy atom. The third-order valence-corrected chi connectivity index (χ3v) is 7.91. The number of carbonyl (C=O) groups is 2. The molecule has 0 atom stereocenters. The predicted octanol–water partition coefficient (Wildman–Crippen LogP) is 4.46. The zero-order valence-electron chi connectivity index (χ0n) is 21.8. The van der Waals surface area contributed by atoms with Crippen LogP contribution in [0.2, 0.25) is 0 Å². The highest BCUT2D eigenvalue weighted by Gasteiger charge is 2.39. The van der Waals surface area contributed by atoms with E-state index in [0.717, 1.165) is 38.9 Å². The van der Waals surface area contributed by atoms with Crippen molar-refractivity contribution >= 4 is 17.6 Å². The van der Waals surface area contributed by atoms with Crippen molar-refractivity contribution in [2.24, 2.45) is 11.7 Å². The van der Waals surface area contributed by atoms with Gasteiger partial charge in [-0.2, -0.15) is 10.4 Å². The summed E-state index contributed by atoms with van der Waals surface area (Å²) < 4.78 is 1.70. The molecule has 1 aliphatic carbocycles. The number of likely N-dealkylation sites (tertiary alicyclic amines) is 1. The number of aromatic nitrogens is 2. The predicted molar refractivity (Wildman–Crippen MR) is 146 cm³/mol. The molecule has 0 bridgehead atoms. The molecular formula is C30H34N6O2. The number of piperidine rings is 1. The summed E-state index contributed by atoms with van der Waals surface area (Å²) in [5, 5.41) is 17.0. The summed E-state index contributed by atoms with van der Waals surface area (Å²) >= 11 is 0. The minimum Gasteiger partial charge on any atom is -0.365 e. The lowest BCUT2D eigenvalue weighted by molar-refractivity contribution is -0.117. The molecule has 196 valence electrons. The Hall–Kier alpha value is -3.96. The second-order valence-electron chi connectivity index (χ2n) is 10.5. The van der Waals surface area contributed by atoms with Gasteiger partial charge in [0.2, 0.25) is 5.91 Å². The molecule has 1 saturated heterocycles. The van der Waals surface area contributed by atoms with Gasteiger partial charge in [-0.15, -0.1) is 0 Å². The van der Waals surface area contributed by atoms with E-state index in [1.54, 1.807) is 10.9 Å². The summed E-state index contributed by atoms with van der Waals surface area (Å²) in [7, 11) is 0. The lowest BCUT2D eigenvalue weighted by atomic mass is 9.84. The van der Waals surface area contributed by atoms with Crippen LogP contribution in [-0.2, 0) is 23.3 Å². The summed E-state index contributed by atoms with van der Waals surface area (Å²) in [5.74, 6) is -0.603. The Bertz CT molecular complexity index is 1340. The number of hydrogen-bond donors (Lipinski definition) is 2. The minimum absolute atomic E-state index is 0.0205. The van der Waals surface area contributed by atoms with Crippen molar-refractivity contribution < 1.29 is 9.59 Å². The second-order valence-corrected chi connectivity index (χ2v) is 10.5. The third-order valence-electron chi connectivity index (χ3n) is 7.91. The van der Waals surface area contributed by atoms with Crippen molar-refractivity contribution in [2.45, 2.75) is 57.5 Å². The summed E-state index contributed by atoms with van der Waals surface area (Å²) in [6.07, 6.45) is 6.01.